The van der Waals surface area contributed by atoms with Gasteiger partial charge in [-0.1, -0.05) is 37.3 Å². The number of ether oxygens (including phenoxy) is 1. The molecule has 3 rings (SSSR count). The Balaban J connectivity index is 1.52. The van der Waals surface area contributed by atoms with Crippen LogP contribution in [0.1, 0.15) is 74.0 Å². The average molecular weight is 486 g/mol. The van der Waals surface area contributed by atoms with Gasteiger partial charge in [-0.05, 0) is 92.7 Å². The smallest absolute Gasteiger partial charge is 0.303 e. The van der Waals surface area contributed by atoms with Crippen LogP contribution in [0.5, 0.6) is 0 Å². The maximum absolute atomic E-state index is 14.3. The number of aliphatic hydroxyl groups excluding tert-OH is 1. The lowest BCUT2D eigenvalue weighted by Crippen LogP contribution is -2.45. The van der Waals surface area contributed by atoms with Gasteiger partial charge in [-0.3, -0.25) is 4.79 Å². The van der Waals surface area contributed by atoms with Crippen molar-refractivity contribution in [2.45, 2.75) is 84.0 Å². The molecule has 0 heterocycles. The third-order valence-electron chi connectivity index (χ3n) is 6.99. The second-order valence-corrected chi connectivity index (χ2v) is 10.6. The van der Waals surface area contributed by atoms with Gasteiger partial charge in [0.15, 0.2) is 0 Å². The predicted molar refractivity (Wildman–Crippen MR) is 136 cm³/mol. The normalized spacial score (nSPS) is 15.7. The van der Waals surface area contributed by atoms with Crippen molar-refractivity contribution in [1.82, 2.24) is 5.32 Å². The first-order valence-corrected chi connectivity index (χ1v) is 12.7. The highest BCUT2D eigenvalue weighted by Crippen LogP contribution is 2.32. The molecule has 0 fully saturated rings. The van der Waals surface area contributed by atoms with Gasteiger partial charge in [-0.15, -0.1) is 0 Å². The molecule has 1 aliphatic carbocycles. The molecule has 2 aromatic carbocycles. The van der Waals surface area contributed by atoms with E-state index in [0.29, 0.717) is 36.4 Å². The largest absolute Gasteiger partial charge is 0.481 e. The lowest BCUT2D eigenvalue weighted by Gasteiger charge is -2.31. The Morgan fingerprint density at radius 1 is 1.23 bits per heavy atom. The second-order valence-electron chi connectivity index (χ2n) is 10.6. The van der Waals surface area contributed by atoms with E-state index in [1.807, 2.05) is 6.92 Å². The van der Waals surface area contributed by atoms with Crippen molar-refractivity contribution in [3.8, 4) is 0 Å². The summed E-state index contributed by atoms with van der Waals surface area (Å²) < 4.78 is 20.3. The molecule has 3 N–H and O–H groups in total. The Kier molecular flexibility index (Phi) is 9.45. The molecule has 6 heteroatoms. The molecule has 0 bridgehead atoms. The molecule has 0 unspecified atom stereocenters. The van der Waals surface area contributed by atoms with E-state index in [1.165, 1.54) is 17.2 Å². The van der Waals surface area contributed by atoms with Crippen molar-refractivity contribution in [2.75, 3.05) is 13.2 Å². The summed E-state index contributed by atoms with van der Waals surface area (Å²) in [5.41, 5.74) is 4.70. The number of carboxylic acids is 1. The quantitative estimate of drug-likeness (QED) is 0.366. The minimum atomic E-state index is -0.891. The van der Waals surface area contributed by atoms with Gasteiger partial charge in [0.05, 0.1) is 18.8 Å². The van der Waals surface area contributed by atoms with Crippen LogP contribution in [-0.2, 0) is 28.8 Å². The van der Waals surface area contributed by atoms with Crippen molar-refractivity contribution in [1.29, 1.82) is 0 Å². The first-order valence-electron chi connectivity index (χ1n) is 12.7. The van der Waals surface area contributed by atoms with Gasteiger partial charge in [0, 0.05) is 18.5 Å². The van der Waals surface area contributed by atoms with Crippen LogP contribution < -0.4 is 5.32 Å². The number of benzene rings is 2. The first-order chi connectivity index (χ1) is 16.6. The van der Waals surface area contributed by atoms with Crippen LogP contribution in [-0.4, -0.2) is 41.0 Å². The third kappa shape index (κ3) is 7.86. The van der Waals surface area contributed by atoms with Crippen LogP contribution in [0.25, 0.3) is 0 Å². The van der Waals surface area contributed by atoms with E-state index in [9.17, 15) is 14.3 Å². The summed E-state index contributed by atoms with van der Waals surface area (Å²) in [5, 5.41) is 23.2. The number of hydrogen-bond donors (Lipinski definition) is 3. The lowest BCUT2D eigenvalue weighted by atomic mass is 9.88. The van der Waals surface area contributed by atoms with Gasteiger partial charge in [0.25, 0.3) is 0 Å². The summed E-state index contributed by atoms with van der Waals surface area (Å²) in [6, 6.07) is 11.8. The van der Waals surface area contributed by atoms with E-state index in [2.05, 4.69) is 43.4 Å². The number of carboxylic acid groups (broad SMARTS) is 1. The molecule has 0 aliphatic heterocycles. The van der Waals surface area contributed by atoms with Gasteiger partial charge < -0.3 is 20.3 Å². The number of aryl methyl sites for hydroxylation is 2. The lowest BCUT2D eigenvalue weighted by molar-refractivity contribution is -0.136. The number of rotatable bonds is 13. The Morgan fingerprint density at radius 2 is 1.89 bits per heavy atom. The molecule has 0 saturated carbocycles. The summed E-state index contributed by atoms with van der Waals surface area (Å²) >= 11 is 0. The number of aliphatic hydroxyl groups is 1. The molecule has 1 aliphatic rings. The molecule has 0 radical (unpaired) electrons. The molecule has 192 valence electrons. The Morgan fingerprint density at radius 3 is 2.49 bits per heavy atom. The number of hydrogen-bond acceptors (Lipinski definition) is 4. The number of nitrogens with one attached hydrogen (secondary N) is 1. The highest BCUT2D eigenvalue weighted by atomic mass is 19.1. The van der Waals surface area contributed by atoms with Crippen molar-refractivity contribution < 1.29 is 24.1 Å². The number of β-amino-alcohol motifs (C(OH)–C–C–N with tert-alkyl or cyclic N) is 1. The molecule has 2 aromatic rings. The maximum Gasteiger partial charge on any atom is 0.303 e. The topological polar surface area (TPSA) is 78.8 Å². The molecule has 0 aromatic heterocycles. The van der Waals surface area contributed by atoms with Gasteiger partial charge in [-0.2, -0.15) is 0 Å². The van der Waals surface area contributed by atoms with Crippen LogP contribution >= 0.6 is 0 Å². The van der Waals surface area contributed by atoms with Crippen molar-refractivity contribution in [3.05, 3.63) is 70.0 Å². The van der Waals surface area contributed by atoms with Crippen LogP contribution in [0.15, 0.2) is 36.4 Å². The Labute approximate surface area is 208 Å². The minimum absolute atomic E-state index is 0.0256. The molecule has 2 atom stereocenters. The van der Waals surface area contributed by atoms with E-state index in [0.717, 1.165) is 24.8 Å². The summed E-state index contributed by atoms with van der Waals surface area (Å²) in [5.74, 6) is -0.634. The monoisotopic (exact) mass is 485 g/mol. The highest BCUT2D eigenvalue weighted by Gasteiger charge is 2.28. The van der Waals surface area contributed by atoms with Crippen LogP contribution in [0, 0.1) is 18.7 Å². The van der Waals surface area contributed by atoms with Crippen LogP contribution in [0.2, 0.25) is 0 Å². The second kappa shape index (κ2) is 12.1. The fourth-order valence-electron chi connectivity index (χ4n) is 5.21. The number of aliphatic carboxylic acids is 1. The van der Waals surface area contributed by atoms with Gasteiger partial charge in [0.1, 0.15) is 5.82 Å². The van der Waals surface area contributed by atoms with Crippen molar-refractivity contribution in [3.63, 3.8) is 0 Å². The van der Waals surface area contributed by atoms with Crippen molar-refractivity contribution >= 4 is 5.97 Å². The fourth-order valence-corrected chi connectivity index (χ4v) is 5.21. The summed E-state index contributed by atoms with van der Waals surface area (Å²) in [4.78, 5) is 11.1. The zero-order chi connectivity index (χ0) is 25.6. The number of carbonyl (C=O) groups is 1. The summed E-state index contributed by atoms with van der Waals surface area (Å²) in [6.45, 7) is 8.47. The molecular formula is C29H40FNO4. The molecule has 35 heavy (non-hydrogen) atoms. The Bertz CT molecular complexity index is 981. The zero-order valence-electron chi connectivity index (χ0n) is 21.4. The van der Waals surface area contributed by atoms with E-state index in [1.54, 1.807) is 13.0 Å². The van der Waals surface area contributed by atoms with E-state index in [4.69, 9.17) is 9.84 Å². The summed E-state index contributed by atoms with van der Waals surface area (Å²) in [7, 11) is 0. The summed E-state index contributed by atoms with van der Waals surface area (Å²) in [6.07, 6.45) is 2.98. The molecule has 0 saturated heterocycles. The molecule has 0 spiro atoms. The van der Waals surface area contributed by atoms with Gasteiger partial charge in [0.2, 0.25) is 0 Å². The van der Waals surface area contributed by atoms with Gasteiger partial charge >= 0.3 is 5.97 Å². The van der Waals surface area contributed by atoms with Crippen LogP contribution in [0.4, 0.5) is 4.39 Å². The zero-order valence-corrected chi connectivity index (χ0v) is 21.4. The average Bonchev–Trinajstić information content (AvgIpc) is 3.20. The van der Waals surface area contributed by atoms with Crippen molar-refractivity contribution in [2.24, 2.45) is 5.92 Å². The van der Waals surface area contributed by atoms with E-state index >= 15 is 0 Å². The molecular weight excluding hydrogens is 445 g/mol. The minimum Gasteiger partial charge on any atom is -0.481 e. The first kappa shape index (κ1) is 27.3. The van der Waals surface area contributed by atoms with Crippen LogP contribution in [0.3, 0.4) is 0 Å². The molecule has 0 amide bonds. The van der Waals surface area contributed by atoms with E-state index in [-0.39, 0.29) is 24.4 Å². The maximum atomic E-state index is 14.3. The number of fused-ring (bicyclic) bond motifs is 1. The number of halogens is 1. The standard InChI is InChI=1S/C29H40FNO4/c1-5-27(25-15-26(30)19(2)12-23(25)10-11-28(33)34)35-18-24(32)17-31-29(3,4)16-20-13-21-8-6-7-9-22(21)14-20/h6-9,12,15,20,24,27,31-32H,5,10-11,13-14,16-18H2,1-4H3,(H,33,34)/t24-,27-/m1/s1. The molecule has 5 nitrogen and oxygen atoms in total. The predicted octanol–water partition coefficient (Wildman–Crippen LogP) is 5.15. The fraction of sp³-hybridized carbons (Fsp3) is 0.552. The van der Waals surface area contributed by atoms with Gasteiger partial charge in [-0.25, -0.2) is 4.39 Å². The van der Waals surface area contributed by atoms with E-state index < -0.39 is 18.2 Å². The SMILES string of the molecule is CC[C@@H](OC[C@H](O)CNC(C)(C)CC1Cc2ccccc2C1)c1cc(F)c(C)cc1CCC(=O)O. The Hall–Kier alpha value is -2.28. The highest BCUT2D eigenvalue weighted by molar-refractivity contribution is 5.67. The third-order valence-corrected chi connectivity index (χ3v) is 6.99.